The molecule has 0 saturated carbocycles. The van der Waals surface area contributed by atoms with Gasteiger partial charge in [0, 0.05) is 19.2 Å². The van der Waals surface area contributed by atoms with Crippen molar-refractivity contribution in [1.29, 1.82) is 0 Å². The van der Waals surface area contributed by atoms with Gasteiger partial charge in [0.25, 0.3) is 0 Å². The summed E-state index contributed by atoms with van der Waals surface area (Å²) in [6.07, 6.45) is 0.815. The number of morpholine rings is 1. The van der Waals surface area contributed by atoms with Crippen molar-refractivity contribution in [2.24, 2.45) is 0 Å². The molecule has 0 bridgehead atoms. The lowest BCUT2D eigenvalue weighted by molar-refractivity contribution is -0.139. The number of hydrogen-bond acceptors (Lipinski definition) is 10. The van der Waals surface area contributed by atoms with Crippen LogP contribution in [0, 0.1) is 5.82 Å². The number of fused-ring (bicyclic) bond motifs is 2. The lowest BCUT2D eigenvalue weighted by Gasteiger charge is -2.36. The van der Waals surface area contributed by atoms with Gasteiger partial charge in [-0.3, -0.25) is 0 Å². The standard InChI is InChI=1S/C31H33FN6O7/c1-31(2,3)45-30(41)36-15-23-25(16-36)42-12-11-37(23)29-34-27-21(28(35-29)44-17-19-7-5-4-6-8-19)14-33-38(27)22-10-9-20(32)13-24(22)43-18-26(39)40/h4-10,13-14,23,25H,11-12,15-18H2,1-3H3,(H,39,40)/t23-,25+/m0/s1. The molecule has 4 heterocycles. The summed E-state index contributed by atoms with van der Waals surface area (Å²) in [5.74, 6) is -1.25. The summed E-state index contributed by atoms with van der Waals surface area (Å²) in [6, 6.07) is 13.1. The number of carboxylic acids is 1. The van der Waals surface area contributed by atoms with Gasteiger partial charge in [-0.05, 0) is 38.5 Å². The molecule has 0 aliphatic carbocycles. The number of carbonyl (C=O) groups is 2. The normalized spacial score (nSPS) is 18.1. The highest BCUT2D eigenvalue weighted by atomic mass is 19.1. The summed E-state index contributed by atoms with van der Waals surface area (Å²) >= 11 is 0. The third-order valence-corrected chi connectivity index (χ3v) is 7.31. The Balaban J connectivity index is 1.40. The van der Waals surface area contributed by atoms with E-state index in [2.05, 4.69) is 5.10 Å². The molecule has 0 spiro atoms. The number of carboxylic acid groups (broad SMARTS) is 1. The van der Waals surface area contributed by atoms with Crippen LogP contribution in [0.3, 0.4) is 0 Å². The van der Waals surface area contributed by atoms with E-state index in [4.69, 9.17) is 34.0 Å². The van der Waals surface area contributed by atoms with E-state index in [0.29, 0.717) is 43.2 Å². The third-order valence-electron chi connectivity index (χ3n) is 7.31. The number of ether oxygens (including phenoxy) is 4. The van der Waals surface area contributed by atoms with Crippen molar-refractivity contribution in [3.63, 3.8) is 0 Å². The van der Waals surface area contributed by atoms with Gasteiger partial charge < -0.3 is 33.9 Å². The van der Waals surface area contributed by atoms with E-state index >= 15 is 0 Å². The van der Waals surface area contributed by atoms with Gasteiger partial charge in [-0.2, -0.15) is 15.1 Å². The molecule has 2 aromatic carbocycles. The zero-order chi connectivity index (χ0) is 31.7. The molecule has 1 amide bonds. The number of nitrogens with zero attached hydrogens (tertiary/aromatic N) is 6. The maximum atomic E-state index is 14.2. The maximum Gasteiger partial charge on any atom is 0.410 e. The molecule has 2 aliphatic heterocycles. The summed E-state index contributed by atoms with van der Waals surface area (Å²) in [5.41, 5.74) is 0.899. The number of rotatable bonds is 8. The fourth-order valence-corrected chi connectivity index (χ4v) is 5.34. The minimum Gasteiger partial charge on any atom is -0.480 e. The Bertz CT molecular complexity index is 1710. The van der Waals surface area contributed by atoms with Gasteiger partial charge in [0.1, 0.15) is 34.8 Å². The van der Waals surface area contributed by atoms with Crippen molar-refractivity contribution >= 4 is 29.0 Å². The quantitative estimate of drug-likeness (QED) is 0.307. The Kier molecular flexibility index (Phi) is 8.14. The minimum atomic E-state index is -1.21. The number of carbonyl (C=O) groups excluding carboxylic acids is 1. The van der Waals surface area contributed by atoms with Gasteiger partial charge in [0.2, 0.25) is 11.8 Å². The fraction of sp³-hybridized carbons (Fsp3) is 0.387. The summed E-state index contributed by atoms with van der Waals surface area (Å²) in [4.78, 5) is 37.4. The van der Waals surface area contributed by atoms with Crippen LogP contribution in [-0.2, 0) is 20.9 Å². The number of halogens is 1. The molecule has 0 unspecified atom stereocenters. The average molecular weight is 621 g/mol. The highest BCUT2D eigenvalue weighted by Gasteiger charge is 2.44. The van der Waals surface area contributed by atoms with E-state index < -0.39 is 30.1 Å². The Morgan fingerprint density at radius 1 is 1.09 bits per heavy atom. The first-order chi connectivity index (χ1) is 21.6. The van der Waals surface area contributed by atoms with Crippen LogP contribution in [0.5, 0.6) is 11.6 Å². The van der Waals surface area contributed by atoms with E-state index in [1.807, 2.05) is 56.0 Å². The van der Waals surface area contributed by atoms with Crippen LogP contribution in [0.1, 0.15) is 26.3 Å². The summed E-state index contributed by atoms with van der Waals surface area (Å²) < 4.78 is 38.9. The molecule has 2 aromatic heterocycles. The zero-order valence-corrected chi connectivity index (χ0v) is 25.1. The topological polar surface area (TPSA) is 141 Å². The van der Waals surface area contributed by atoms with Crippen LogP contribution in [-0.4, -0.2) is 92.4 Å². The van der Waals surface area contributed by atoms with Crippen molar-refractivity contribution in [2.75, 3.05) is 37.7 Å². The fourth-order valence-electron chi connectivity index (χ4n) is 5.34. The van der Waals surface area contributed by atoms with E-state index in [1.165, 1.54) is 23.0 Å². The number of aromatic nitrogens is 4. The minimum absolute atomic E-state index is 0.0236. The lowest BCUT2D eigenvalue weighted by Crippen LogP contribution is -2.51. The number of benzene rings is 2. The molecule has 2 aliphatic rings. The Morgan fingerprint density at radius 3 is 2.64 bits per heavy atom. The molecule has 13 nitrogen and oxygen atoms in total. The molecule has 0 radical (unpaired) electrons. The van der Waals surface area contributed by atoms with E-state index in [-0.39, 0.29) is 36.1 Å². The van der Waals surface area contributed by atoms with Crippen LogP contribution in [0.2, 0.25) is 0 Å². The molecule has 1 N–H and O–H groups in total. The molecule has 2 fully saturated rings. The number of anilines is 1. The van der Waals surface area contributed by atoms with Gasteiger partial charge in [0.05, 0.1) is 31.5 Å². The largest absolute Gasteiger partial charge is 0.480 e. The molecular weight excluding hydrogens is 587 g/mol. The van der Waals surface area contributed by atoms with Crippen LogP contribution in [0.15, 0.2) is 54.7 Å². The Morgan fingerprint density at radius 2 is 1.89 bits per heavy atom. The summed E-state index contributed by atoms with van der Waals surface area (Å²) in [5, 5.41) is 14.1. The Hall–Kier alpha value is -4.98. The highest BCUT2D eigenvalue weighted by Crippen LogP contribution is 2.34. The predicted octanol–water partition coefficient (Wildman–Crippen LogP) is 3.82. The van der Waals surface area contributed by atoms with E-state index in [1.54, 1.807) is 4.90 Å². The molecule has 2 saturated heterocycles. The van der Waals surface area contributed by atoms with Crippen molar-refractivity contribution < 1.29 is 38.0 Å². The van der Waals surface area contributed by atoms with E-state index in [0.717, 1.165) is 11.6 Å². The molecule has 45 heavy (non-hydrogen) atoms. The number of likely N-dealkylation sites (tertiary alicyclic amines) is 1. The Labute approximate surface area is 258 Å². The second-order valence-corrected chi connectivity index (χ2v) is 11.7. The van der Waals surface area contributed by atoms with Gasteiger partial charge in [0.15, 0.2) is 12.3 Å². The second kappa shape index (κ2) is 12.2. The molecule has 2 atom stereocenters. The summed E-state index contributed by atoms with van der Waals surface area (Å²) in [7, 11) is 0. The number of hydrogen-bond donors (Lipinski definition) is 1. The zero-order valence-electron chi connectivity index (χ0n) is 25.1. The van der Waals surface area contributed by atoms with Crippen molar-refractivity contribution in [3.05, 3.63) is 66.1 Å². The van der Waals surface area contributed by atoms with Crippen LogP contribution >= 0.6 is 0 Å². The summed E-state index contributed by atoms with van der Waals surface area (Å²) in [6.45, 7) is 6.53. The van der Waals surface area contributed by atoms with Crippen LogP contribution in [0.25, 0.3) is 16.7 Å². The average Bonchev–Trinajstić information content (AvgIpc) is 3.63. The maximum absolute atomic E-state index is 14.2. The van der Waals surface area contributed by atoms with Gasteiger partial charge in [-0.15, -0.1) is 0 Å². The first-order valence-corrected chi connectivity index (χ1v) is 14.5. The predicted molar refractivity (Wildman–Crippen MR) is 159 cm³/mol. The van der Waals surface area contributed by atoms with E-state index in [9.17, 15) is 14.0 Å². The molecular formula is C31H33FN6O7. The smallest absolute Gasteiger partial charge is 0.410 e. The second-order valence-electron chi connectivity index (χ2n) is 11.7. The van der Waals surface area contributed by atoms with Gasteiger partial charge >= 0.3 is 12.1 Å². The SMILES string of the molecule is CC(C)(C)OC(=O)N1C[C@H]2OCCN(c3nc(OCc4ccccc4)c4cnn(-c5ccc(F)cc5OCC(=O)O)c4n3)[C@H]2C1. The van der Waals surface area contributed by atoms with Gasteiger partial charge in [-0.1, -0.05) is 30.3 Å². The highest BCUT2D eigenvalue weighted by molar-refractivity contribution is 5.83. The van der Waals surface area contributed by atoms with Crippen molar-refractivity contribution in [1.82, 2.24) is 24.6 Å². The number of amides is 1. The van der Waals surface area contributed by atoms with Gasteiger partial charge in [-0.25, -0.2) is 18.7 Å². The van der Waals surface area contributed by atoms with Crippen LogP contribution < -0.4 is 14.4 Å². The molecule has 4 aromatic rings. The number of aliphatic carboxylic acids is 1. The lowest BCUT2D eigenvalue weighted by atomic mass is 10.1. The first-order valence-electron chi connectivity index (χ1n) is 14.5. The molecule has 6 rings (SSSR count). The molecule has 236 valence electrons. The third kappa shape index (κ3) is 6.60. The monoisotopic (exact) mass is 620 g/mol. The van der Waals surface area contributed by atoms with Crippen molar-refractivity contribution in [2.45, 2.75) is 45.1 Å². The van der Waals surface area contributed by atoms with Crippen LogP contribution in [0.4, 0.5) is 15.1 Å². The van der Waals surface area contributed by atoms with Crippen molar-refractivity contribution in [3.8, 4) is 17.3 Å². The molecule has 14 heteroatoms. The first kappa shape index (κ1) is 30.1.